The van der Waals surface area contributed by atoms with Crippen molar-refractivity contribution in [1.82, 2.24) is 0 Å². The molecule has 0 aromatic heterocycles. The minimum Gasteiger partial charge on any atom is -0.468 e. The van der Waals surface area contributed by atoms with Gasteiger partial charge in [-0.3, -0.25) is 14.4 Å². The number of imide groups is 1. The van der Waals surface area contributed by atoms with Gasteiger partial charge in [0, 0.05) is 30.1 Å². The zero-order chi connectivity index (χ0) is 25.4. The van der Waals surface area contributed by atoms with Crippen LogP contribution in [-0.2, 0) is 33.4 Å². The van der Waals surface area contributed by atoms with E-state index in [1.807, 2.05) is 0 Å². The molecule has 0 fully saturated rings. The summed E-state index contributed by atoms with van der Waals surface area (Å²) < 4.78 is 29.7. The van der Waals surface area contributed by atoms with E-state index in [0.29, 0.717) is 24.2 Å². The predicted molar refractivity (Wildman–Crippen MR) is 125 cm³/mol. The molecule has 0 spiro atoms. The fourth-order valence-electron chi connectivity index (χ4n) is 3.41. The highest BCUT2D eigenvalue weighted by Crippen LogP contribution is 2.37. The minimum absolute atomic E-state index is 0.0113. The van der Waals surface area contributed by atoms with Crippen molar-refractivity contribution >= 4 is 52.8 Å². The molecule has 2 amide bonds. The van der Waals surface area contributed by atoms with Gasteiger partial charge in [-0.05, 0) is 44.7 Å². The number of hydrogen-bond donors (Lipinski definition) is 0. The first kappa shape index (κ1) is 27.8. The Labute approximate surface area is 206 Å². The van der Waals surface area contributed by atoms with E-state index in [4.69, 9.17) is 25.8 Å². The number of carbonyl (C=O) groups is 4. The fraction of sp³-hybridized carbons (Fsp3) is 0.478. The Morgan fingerprint density at radius 2 is 1.76 bits per heavy atom. The number of hydrogen-bond acceptors (Lipinski definition) is 8. The van der Waals surface area contributed by atoms with Crippen LogP contribution < -0.4 is 4.90 Å². The van der Waals surface area contributed by atoms with Crippen molar-refractivity contribution in [2.24, 2.45) is 0 Å². The molecule has 0 bridgehead atoms. The molecule has 1 aliphatic rings. The predicted octanol–water partition coefficient (Wildman–Crippen LogP) is 4.07. The molecule has 2 rings (SSSR count). The van der Waals surface area contributed by atoms with Gasteiger partial charge in [-0.1, -0.05) is 11.6 Å². The lowest BCUT2D eigenvalue weighted by atomic mass is 9.90. The number of thioether (sulfide) groups is 1. The second kappa shape index (κ2) is 12.9. The number of halogens is 2. The first-order valence-corrected chi connectivity index (χ1v) is 11.8. The maximum absolute atomic E-state index is 14.9. The molecule has 1 aromatic rings. The van der Waals surface area contributed by atoms with E-state index in [2.05, 4.69) is 0 Å². The number of esters is 2. The Bertz CT molecular complexity index is 998. The van der Waals surface area contributed by atoms with Crippen molar-refractivity contribution in [2.75, 3.05) is 32.3 Å². The number of carbonyl (C=O) groups excluding carboxylic acids is 4. The highest BCUT2D eigenvalue weighted by Gasteiger charge is 2.32. The molecule has 0 saturated carbocycles. The van der Waals surface area contributed by atoms with Gasteiger partial charge in [-0.2, -0.15) is 0 Å². The van der Waals surface area contributed by atoms with Crippen molar-refractivity contribution in [3.63, 3.8) is 0 Å². The Balaban J connectivity index is 2.47. The molecule has 0 saturated heterocycles. The summed E-state index contributed by atoms with van der Waals surface area (Å²) >= 11 is 7.15. The van der Waals surface area contributed by atoms with Gasteiger partial charge >= 0.3 is 11.9 Å². The molecule has 186 valence electrons. The van der Waals surface area contributed by atoms with Crippen LogP contribution in [0.4, 0.5) is 10.1 Å². The number of benzene rings is 1. The van der Waals surface area contributed by atoms with Gasteiger partial charge in [0.15, 0.2) is 0 Å². The lowest BCUT2D eigenvalue weighted by molar-refractivity contribution is -0.141. The summed E-state index contributed by atoms with van der Waals surface area (Å²) in [5, 5.41) is -0.658. The summed E-state index contributed by atoms with van der Waals surface area (Å²) in [7, 11) is 2.70. The summed E-state index contributed by atoms with van der Waals surface area (Å²) in [6.45, 7) is 2.91. The van der Waals surface area contributed by atoms with Crippen molar-refractivity contribution in [3.8, 4) is 0 Å². The standard InChI is InChI=1S/C23H27ClFNO7S/c1-13(22(29)32-4)34-20-12-19(18(25)11-17(20)24)26(14(2)27)21(28)15-7-5-6-8-16(15)23(30)33-10-9-31-3/h11-13H,5-10H2,1-4H3. The topological polar surface area (TPSA) is 99.2 Å². The molecule has 1 aliphatic carbocycles. The summed E-state index contributed by atoms with van der Waals surface area (Å²) in [5.41, 5.74) is -0.0520. The van der Waals surface area contributed by atoms with Crippen molar-refractivity contribution in [1.29, 1.82) is 0 Å². The summed E-state index contributed by atoms with van der Waals surface area (Å²) in [6, 6.07) is 2.21. The van der Waals surface area contributed by atoms with E-state index in [1.165, 1.54) is 20.3 Å². The Morgan fingerprint density at radius 3 is 2.35 bits per heavy atom. The molecule has 8 nitrogen and oxygen atoms in total. The smallest absolute Gasteiger partial charge is 0.334 e. The van der Waals surface area contributed by atoms with Crippen LogP contribution in [0.25, 0.3) is 0 Å². The first-order valence-electron chi connectivity index (χ1n) is 10.6. The fourth-order valence-corrected chi connectivity index (χ4v) is 4.62. The van der Waals surface area contributed by atoms with Gasteiger partial charge in [0.25, 0.3) is 5.91 Å². The second-order valence-electron chi connectivity index (χ2n) is 7.47. The zero-order valence-electron chi connectivity index (χ0n) is 19.4. The lowest BCUT2D eigenvalue weighted by Crippen LogP contribution is -2.38. The monoisotopic (exact) mass is 515 g/mol. The van der Waals surface area contributed by atoms with E-state index in [0.717, 1.165) is 24.8 Å². The number of amides is 2. The van der Waals surface area contributed by atoms with E-state index < -0.39 is 34.8 Å². The van der Waals surface area contributed by atoms with Gasteiger partial charge in [-0.25, -0.2) is 14.1 Å². The highest BCUT2D eigenvalue weighted by molar-refractivity contribution is 8.00. The van der Waals surface area contributed by atoms with Gasteiger partial charge < -0.3 is 14.2 Å². The number of nitrogens with zero attached hydrogens (tertiary/aromatic N) is 1. The molecule has 34 heavy (non-hydrogen) atoms. The molecule has 0 N–H and O–H groups in total. The average Bonchev–Trinajstić information content (AvgIpc) is 2.81. The van der Waals surface area contributed by atoms with Crippen LogP contribution in [0.15, 0.2) is 28.2 Å². The number of ether oxygens (including phenoxy) is 3. The van der Waals surface area contributed by atoms with Crippen molar-refractivity contribution in [2.45, 2.75) is 49.7 Å². The number of methoxy groups -OCH3 is 2. The molecule has 1 unspecified atom stereocenters. The molecule has 1 atom stereocenters. The SMILES string of the molecule is COCCOC(=O)C1=C(C(=O)N(C(C)=O)c2cc(SC(C)C(=O)OC)c(Cl)cc2F)CCCC1. The third-order valence-corrected chi connectivity index (χ3v) is 6.65. The molecule has 0 aliphatic heterocycles. The molecule has 0 radical (unpaired) electrons. The zero-order valence-corrected chi connectivity index (χ0v) is 21.0. The molecule has 0 heterocycles. The van der Waals surface area contributed by atoms with Gasteiger partial charge in [-0.15, -0.1) is 11.8 Å². The summed E-state index contributed by atoms with van der Waals surface area (Å²) in [6.07, 6.45) is 1.85. The normalized spacial score (nSPS) is 14.4. The van der Waals surface area contributed by atoms with Crippen LogP contribution in [0.2, 0.25) is 5.02 Å². The number of anilines is 1. The largest absolute Gasteiger partial charge is 0.468 e. The molecular weight excluding hydrogens is 489 g/mol. The van der Waals surface area contributed by atoms with Crippen molar-refractivity contribution in [3.05, 3.63) is 34.1 Å². The Hall–Kier alpha value is -2.43. The van der Waals surface area contributed by atoms with Crippen LogP contribution in [0.1, 0.15) is 39.5 Å². The van der Waals surface area contributed by atoms with E-state index in [1.54, 1.807) is 6.92 Å². The lowest BCUT2D eigenvalue weighted by Gasteiger charge is -2.26. The Morgan fingerprint density at radius 1 is 1.12 bits per heavy atom. The second-order valence-corrected chi connectivity index (χ2v) is 9.26. The number of rotatable bonds is 9. The maximum Gasteiger partial charge on any atom is 0.334 e. The van der Waals surface area contributed by atoms with Gasteiger partial charge in [0.05, 0.1) is 24.4 Å². The maximum atomic E-state index is 14.9. The van der Waals surface area contributed by atoms with Crippen LogP contribution in [0.5, 0.6) is 0 Å². The molecule has 11 heteroatoms. The van der Waals surface area contributed by atoms with Crippen LogP contribution in [0, 0.1) is 5.82 Å². The van der Waals surface area contributed by atoms with Gasteiger partial charge in [0.1, 0.15) is 17.7 Å². The van der Waals surface area contributed by atoms with E-state index in [-0.39, 0.29) is 46.4 Å². The summed E-state index contributed by atoms with van der Waals surface area (Å²) in [4.78, 5) is 51.3. The van der Waals surface area contributed by atoms with E-state index in [9.17, 15) is 23.6 Å². The Kier molecular flexibility index (Phi) is 10.5. The first-order chi connectivity index (χ1) is 16.1. The average molecular weight is 516 g/mol. The third-order valence-electron chi connectivity index (χ3n) is 5.09. The minimum atomic E-state index is -0.899. The highest BCUT2D eigenvalue weighted by atomic mass is 35.5. The van der Waals surface area contributed by atoms with Gasteiger partial charge in [0.2, 0.25) is 5.91 Å². The molecule has 1 aromatic carbocycles. The molecular formula is C23H27ClFNO7S. The van der Waals surface area contributed by atoms with Crippen LogP contribution in [-0.4, -0.2) is 56.4 Å². The third kappa shape index (κ3) is 6.80. The quantitative estimate of drug-likeness (QED) is 0.276. The van der Waals surface area contributed by atoms with Crippen LogP contribution in [0.3, 0.4) is 0 Å². The van der Waals surface area contributed by atoms with E-state index >= 15 is 0 Å². The van der Waals surface area contributed by atoms with Crippen LogP contribution >= 0.6 is 23.4 Å². The van der Waals surface area contributed by atoms with Crippen molar-refractivity contribution < 1.29 is 37.8 Å². The summed E-state index contributed by atoms with van der Waals surface area (Å²) in [5.74, 6) is -3.62.